The van der Waals surface area contributed by atoms with Gasteiger partial charge in [0, 0.05) is 94.8 Å². The fourth-order valence-corrected chi connectivity index (χ4v) is 9.77. The highest BCUT2D eigenvalue weighted by molar-refractivity contribution is 5.91. The normalized spacial score (nSPS) is 19.1. The number of aliphatic hydroxyl groups excluding tert-OH is 1. The maximum absolute atomic E-state index is 14.2. The van der Waals surface area contributed by atoms with Crippen molar-refractivity contribution in [3.8, 4) is 57.6 Å². The average Bonchev–Trinajstić information content (AvgIpc) is 4.18. The van der Waals surface area contributed by atoms with Gasteiger partial charge in [0.25, 0.3) is 5.88 Å². The SMILES string of the molecule is CC(C)[C@@H](C(=O)N1C[C@H](O)C[C@H]1C(=O)N[C@@H](C)c1ccc(-c2ccnn2C)cc1)c1cc(OCC#Cc2ncc(O[C@H]3C[C@H](Oc4cc(N5CCN(c6cc(-c7ccccc7O)nnc6N)CC5)ccn4)C3)cn2)no1. The number of anilines is 3. The zero-order chi connectivity index (χ0) is 52.9. The fraction of sp³-hybridized carbons (Fsp3) is 0.364. The van der Waals surface area contributed by atoms with Crippen LogP contribution < -0.4 is 35.1 Å². The molecule has 0 unspecified atom stereocenters. The van der Waals surface area contributed by atoms with Crippen LogP contribution in [0.5, 0.6) is 23.3 Å². The molecule has 1 aliphatic carbocycles. The van der Waals surface area contributed by atoms with Crippen LogP contribution >= 0.6 is 0 Å². The van der Waals surface area contributed by atoms with E-state index in [9.17, 15) is 19.8 Å². The lowest BCUT2D eigenvalue weighted by molar-refractivity contribution is -0.141. The Labute approximate surface area is 439 Å². The van der Waals surface area contributed by atoms with E-state index < -0.39 is 18.1 Å². The number of piperazine rings is 1. The number of phenolic OH excluding ortho intramolecular Hbond substituents is 1. The zero-order valence-corrected chi connectivity index (χ0v) is 42.6. The molecule has 2 amide bonds. The highest BCUT2D eigenvalue weighted by Gasteiger charge is 2.44. The number of hydrogen-bond donors (Lipinski definition) is 4. The molecule has 7 aromatic rings. The average molecular weight is 1030 g/mol. The maximum Gasteiger partial charge on any atom is 0.255 e. The van der Waals surface area contributed by atoms with Crippen LogP contribution in [-0.4, -0.2) is 131 Å². The second-order valence-corrected chi connectivity index (χ2v) is 19.5. The molecular formula is C55H59N13O8. The van der Waals surface area contributed by atoms with Gasteiger partial charge in [-0.25, -0.2) is 15.0 Å². The molecule has 3 fully saturated rings. The number of nitrogens with one attached hydrogen (secondary N) is 1. The van der Waals surface area contributed by atoms with Crippen molar-refractivity contribution >= 4 is 29.0 Å². The maximum atomic E-state index is 14.2. The number of carbonyl (C=O) groups excluding carboxylic acids is 2. The van der Waals surface area contributed by atoms with E-state index in [0.717, 1.165) is 41.3 Å². The van der Waals surface area contributed by atoms with Crippen molar-refractivity contribution < 1.29 is 38.5 Å². The van der Waals surface area contributed by atoms with Gasteiger partial charge in [-0.2, -0.15) is 5.10 Å². The first-order valence-corrected chi connectivity index (χ1v) is 25.3. The number of likely N-dealkylation sites (tertiary alicyclic amines) is 1. The lowest BCUT2D eigenvalue weighted by Crippen LogP contribution is -2.48. The summed E-state index contributed by atoms with van der Waals surface area (Å²) >= 11 is 0. The van der Waals surface area contributed by atoms with Crippen LogP contribution in [0.25, 0.3) is 22.5 Å². The van der Waals surface area contributed by atoms with Gasteiger partial charge in [-0.1, -0.05) is 56.2 Å². The first-order valence-electron chi connectivity index (χ1n) is 25.3. The topological polar surface area (TPSA) is 258 Å². The minimum atomic E-state index is -0.871. The molecule has 76 heavy (non-hydrogen) atoms. The number of phenols is 1. The molecule has 2 aromatic carbocycles. The van der Waals surface area contributed by atoms with Gasteiger partial charge >= 0.3 is 0 Å². The quantitative estimate of drug-likeness (QED) is 0.0892. The Morgan fingerprint density at radius 3 is 2.36 bits per heavy atom. The van der Waals surface area contributed by atoms with Crippen molar-refractivity contribution in [3.63, 3.8) is 0 Å². The summed E-state index contributed by atoms with van der Waals surface area (Å²) < 4.78 is 25.5. The van der Waals surface area contributed by atoms with Gasteiger partial charge in [-0.15, -0.1) is 10.2 Å². The molecule has 21 heteroatoms. The summed E-state index contributed by atoms with van der Waals surface area (Å²) in [6.07, 6.45) is 7.13. The molecule has 2 aliphatic heterocycles. The summed E-state index contributed by atoms with van der Waals surface area (Å²) in [6.45, 7) is 8.52. The van der Waals surface area contributed by atoms with Crippen LogP contribution in [0.2, 0.25) is 0 Å². The first kappa shape index (κ1) is 50.7. The summed E-state index contributed by atoms with van der Waals surface area (Å²) in [4.78, 5) is 46.9. The number of aromatic nitrogens is 8. The van der Waals surface area contributed by atoms with E-state index in [2.05, 4.69) is 62.4 Å². The number of para-hydroxylation sites is 1. The molecule has 392 valence electrons. The molecule has 4 atom stereocenters. The molecule has 5 N–H and O–H groups in total. The van der Waals surface area contributed by atoms with Crippen molar-refractivity contribution in [2.75, 3.05) is 54.9 Å². The number of carbonyl (C=O) groups is 2. The van der Waals surface area contributed by atoms with Crippen LogP contribution in [0.1, 0.15) is 69.1 Å². The molecule has 2 saturated heterocycles. The molecule has 0 bridgehead atoms. The molecule has 7 heterocycles. The number of nitrogen functional groups attached to an aromatic ring is 1. The van der Waals surface area contributed by atoms with E-state index in [4.69, 9.17) is 24.5 Å². The number of β-amino-alcohol motifs (C(OH)–C–C–N with tert-alkyl or cyclic N) is 1. The minimum Gasteiger partial charge on any atom is -0.507 e. The number of benzene rings is 2. The summed E-state index contributed by atoms with van der Waals surface area (Å²) in [5.41, 5.74) is 12.1. The van der Waals surface area contributed by atoms with E-state index in [1.165, 1.54) is 4.90 Å². The number of aromatic hydroxyl groups is 1. The number of rotatable bonds is 16. The standard InChI is InChI=1S/C55H59N13O8/c1-33(2)52(55(72)68-32-38(69)25-46(68)54(71)61-34(3)35-11-13-36(14-12-35)44-16-18-60-65(44)4)48-29-51(64-76-48)73-23-7-10-49-58-30-41(31-59-49)74-39-26-40(27-39)75-50-24-37(15-17-57-50)66-19-21-67(22-20-66)45-28-43(62-63-53(45)56)42-8-5-6-9-47(42)70/h5-6,8-9,11-18,24,28-31,33-34,38-40,46,52,69-70H,19-23,25-27,32H2,1-4H3,(H2,56,63)(H,61,71)/t34-,38+,39-,40-,46-,52+/m0/s1. The van der Waals surface area contributed by atoms with Crippen LogP contribution in [-0.2, 0) is 16.6 Å². The highest BCUT2D eigenvalue weighted by Crippen LogP contribution is 2.35. The number of aryl methyl sites for hydroxylation is 1. The number of nitrogens with zero attached hydrogens (tertiary/aromatic N) is 11. The van der Waals surface area contributed by atoms with Crippen LogP contribution in [0.4, 0.5) is 17.2 Å². The van der Waals surface area contributed by atoms with Crippen molar-refractivity contribution in [3.05, 3.63) is 121 Å². The molecule has 1 saturated carbocycles. The third-order valence-electron chi connectivity index (χ3n) is 13.9. The Hall–Kier alpha value is -8.77. The molecule has 21 nitrogen and oxygen atoms in total. The van der Waals surface area contributed by atoms with Crippen molar-refractivity contribution in [2.45, 2.75) is 76.3 Å². The Kier molecular flexibility index (Phi) is 14.9. The number of ether oxygens (including phenoxy) is 3. The molecular weight excluding hydrogens is 971 g/mol. The van der Waals surface area contributed by atoms with Gasteiger partial charge in [0.1, 0.15) is 29.9 Å². The number of amides is 2. The summed E-state index contributed by atoms with van der Waals surface area (Å²) in [5, 5.41) is 40.7. The zero-order valence-electron chi connectivity index (χ0n) is 42.6. The van der Waals surface area contributed by atoms with Gasteiger partial charge in [-0.05, 0) is 65.4 Å². The highest BCUT2D eigenvalue weighted by atomic mass is 16.5. The fourth-order valence-electron chi connectivity index (χ4n) is 9.77. The van der Waals surface area contributed by atoms with E-state index in [0.29, 0.717) is 54.6 Å². The summed E-state index contributed by atoms with van der Waals surface area (Å²) in [6, 6.07) is 23.0. The second-order valence-electron chi connectivity index (χ2n) is 19.5. The van der Waals surface area contributed by atoms with Gasteiger partial charge in [0.15, 0.2) is 23.9 Å². The van der Waals surface area contributed by atoms with E-state index in [1.807, 2.05) is 82.4 Å². The predicted octanol–water partition coefficient (Wildman–Crippen LogP) is 5.33. The number of nitrogens with two attached hydrogens (primary N) is 1. The van der Waals surface area contributed by atoms with Crippen molar-refractivity contribution in [2.24, 2.45) is 13.0 Å². The Bertz CT molecular complexity index is 3210. The third kappa shape index (κ3) is 11.5. The number of pyridine rings is 1. The van der Waals surface area contributed by atoms with Crippen LogP contribution in [0.15, 0.2) is 108 Å². The molecule has 5 aromatic heterocycles. The number of hydrogen-bond acceptors (Lipinski definition) is 18. The monoisotopic (exact) mass is 1030 g/mol. The van der Waals surface area contributed by atoms with Gasteiger partial charge in [-0.3, -0.25) is 14.3 Å². The molecule has 0 spiro atoms. The first-order chi connectivity index (χ1) is 36.8. The summed E-state index contributed by atoms with van der Waals surface area (Å²) in [5.74, 6) is 6.27. The molecule has 3 aliphatic rings. The van der Waals surface area contributed by atoms with Gasteiger partial charge in [0.2, 0.25) is 23.5 Å². The van der Waals surface area contributed by atoms with Crippen LogP contribution in [0.3, 0.4) is 0 Å². The Balaban J connectivity index is 0.657. The van der Waals surface area contributed by atoms with Gasteiger partial charge in [0.05, 0.1) is 41.6 Å². The number of aliphatic hydroxyl groups is 1. The van der Waals surface area contributed by atoms with Crippen molar-refractivity contribution in [1.29, 1.82) is 0 Å². The van der Waals surface area contributed by atoms with Gasteiger partial charge < -0.3 is 54.7 Å². The van der Waals surface area contributed by atoms with E-state index in [1.54, 1.807) is 53.7 Å². The second kappa shape index (κ2) is 22.4. The lowest BCUT2D eigenvalue weighted by Gasteiger charge is -2.38. The Morgan fingerprint density at radius 2 is 1.62 bits per heavy atom. The largest absolute Gasteiger partial charge is 0.507 e. The Morgan fingerprint density at radius 1 is 0.868 bits per heavy atom. The van der Waals surface area contributed by atoms with E-state index >= 15 is 0 Å². The smallest absolute Gasteiger partial charge is 0.255 e. The lowest BCUT2D eigenvalue weighted by atomic mass is 9.91. The molecule has 10 rings (SSSR count). The van der Waals surface area contributed by atoms with E-state index in [-0.39, 0.29) is 78.8 Å². The predicted molar refractivity (Wildman–Crippen MR) is 280 cm³/mol. The minimum absolute atomic E-state index is 0.0122. The third-order valence-corrected chi connectivity index (χ3v) is 13.9. The van der Waals surface area contributed by atoms with Crippen molar-refractivity contribution in [1.82, 2.24) is 50.3 Å². The summed E-state index contributed by atoms with van der Waals surface area (Å²) in [7, 11) is 1.88. The molecule has 0 radical (unpaired) electrons. The van der Waals surface area contributed by atoms with Crippen LogP contribution in [0, 0.1) is 17.8 Å².